The van der Waals surface area contributed by atoms with Crippen LogP contribution in [-0.2, 0) is 17.9 Å². The van der Waals surface area contributed by atoms with Gasteiger partial charge in [-0.05, 0) is 42.0 Å². The van der Waals surface area contributed by atoms with E-state index in [1.54, 1.807) is 12.1 Å². The van der Waals surface area contributed by atoms with Crippen LogP contribution in [0, 0.1) is 0 Å². The van der Waals surface area contributed by atoms with Crippen molar-refractivity contribution in [2.24, 2.45) is 0 Å². The van der Waals surface area contributed by atoms with Gasteiger partial charge in [0, 0.05) is 23.7 Å². The number of rotatable bonds is 9. The molecule has 1 aromatic heterocycles. The number of aromatic nitrogens is 1. The molecule has 0 radical (unpaired) electrons. The molecule has 4 rings (SSSR count). The molecule has 6 nitrogen and oxygen atoms in total. The van der Waals surface area contributed by atoms with E-state index in [1.807, 2.05) is 66.7 Å². The summed E-state index contributed by atoms with van der Waals surface area (Å²) in [6.07, 6.45) is 0. The molecule has 0 bridgehead atoms. The first-order valence-electron chi connectivity index (χ1n) is 9.91. The van der Waals surface area contributed by atoms with Crippen molar-refractivity contribution < 1.29 is 19.4 Å². The minimum atomic E-state index is -0.996. The summed E-state index contributed by atoms with van der Waals surface area (Å²) >= 11 is 0. The second kappa shape index (κ2) is 9.63. The number of fused-ring (bicyclic) bond motifs is 1. The lowest BCUT2D eigenvalue weighted by Crippen LogP contribution is -2.09. The Morgan fingerprint density at radius 3 is 2.55 bits per heavy atom. The van der Waals surface area contributed by atoms with Gasteiger partial charge in [-0.25, -0.2) is 9.78 Å². The maximum absolute atomic E-state index is 10.6. The maximum atomic E-state index is 10.6. The van der Waals surface area contributed by atoms with Crippen LogP contribution in [0.4, 0.5) is 5.69 Å². The monoisotopic (exact) mass is 414 g/mol. The molecule has 0 unspecified atom stereocenters. The maximum Gasteiger partial charge on any atom is 0.341 e. The number of anilines is 1. The number of carboxylic acids is 1. The van der Waals surface area contributed by atoms with E-state index < -0.39 is 5.97 Å². The fraction of sp³-hybridized carbons (Fsp3) is 0.120. The van der Waals surface area contributed by atoms with Crippen molar-refractivity contribution in [1.82, 2.24) is 4.98 Å². The smallest absolute Gasteiger partial charge is 0.341 e. The van der Waals surface area contributed by atoms with E-state index in [2.05, 4.69) is 16.4 Å². The summed E-state index contributed by atoms with van der Waals surface area (Å²) in [4.78, 5) is 15.2. The van der Waals surface area contributed by atoms with Gasteiger partial charge in [-0.3, -0.25) is 0 Å². The lowest BCUT2D eigenvalue weighted by molar-refractivity contribution is -0.139. The van der Waals surface area contributed by atoms with Crippen LogP contribution >= 0.6 is 0 Å². The van der Waals surface area contributed by atoms with Crippen molar-refractivity contribution in [3.63, 3.8) is 0 Å². The highest BCUT2D eigenvalue weighted by Gasteiger charge is 2.03. The third-order valence-electron chi connectivity index (χ3n) is 4.66. The first-order chi connectivity index (χ1) is 15.2. The fourth-order valence-corrected chi connectivity index (χ4v) is 3.09. The number of ether oxygens (including phenoxy) is 2. The molecule has 3 aromatic carbocycles. The largest absolute Gasteiger partial charge is 0.487 e. The van der Waals surface area contributed by atoms with E-state index >= 15 is 0 Å². The number of nitrogens with one attached hydrogen (secondary N) is 1. The summed E-state index contributed by atoms with van der Waals surface area (Å²) in [6.45, 7) is 0.667. The van der Waals surface area contributed by atoms with Gasteiger partial charge in [0.1, 0.15) is 18.1 Å². The van der Waals surface area contributed by atoms with Gasteiger partial charge in [0.2, 0.25) is 0 Å². The Hall–Kier alpha value is -4.06. The molecule has 0 aliphatic heterocycles. The van der Waals surface area contributed by atoms with E-state index in [4.69, 9.17) is 14.6 Å². The highest BCUT2D eigenvalue weighted by Crippen LogP contribution is 2.20. The Labute approximate surface area is 180 Å². The predicted molar refractivity (Wildman–Crippen MR) is 119 cm³/mol. The number of hydrogen-bond acceptors (Lipinski definition) is 5. The molecule has 31 heavy (non-hydrogen) atoms. The molecular formula is C25H22N2O4. The molecule has 0 spiro atoms. The van der Waals surface area contributed by atoms with Gasteiger partial charge >= 0.3 is 5.97 Å². The lowest BCUT2D eigenvalue weighted by Gasteiger charge is -2.11. The third-order valence-corrected chi connectivity index (χ3v) is 4.66. The summed E-state index contributed by atoms with van der Waals surface area (Å²) in [6, 6.07) is 27.1. The van der Waals surface area contributed by atoms with Crippen LogP contribution < -0.4 is 14.8 Å². The average molecular weight is 414 g/mol. The number of pyridine rings is 1. The quantitative estimate of drug-likeness (QED) is 0.406. The van der Waals surface area contributed by atoms with E-state index in [0.29, 0.717) is 18.9 Å². The molecule has 6 heteroatoms. The highest BCUT2D eigenvalue weighted by atomic mass is 16.5. The Kier molecular flexibility index (Phi) is 6.28. The van der Waals surface area contributed by atoms with Crippen LogP contribution in [0.15, 0.2) is 84.9 Å². The molecule has 156 valence electrons. The van der Waals surface area contributed by atoms with Gasteiger partial charge < -0.3 is 19.9 Å². The molecule has 0 saturated carbocycles. The molecule has 2 N–H and O–H groups in total. The van der Waals surface area contributed by atoms with Gasteiger partial charge in [0.25, 0.3) is 0 Å². The third kappa shape index (κ3) is 5.73. The van der Waals surface area contributed by atoms with Crippen LogP contribution in [0.3, 0.4) is 0 Å². The normalized spacial score (nSPS) is 10.6. The zero-order valence-electron chi connectivity index (χ0n) is 16.8. The summed E-state index contributed by atoms with van der Waals surface area (Å²) < 4.78 is 11.1. The minimum Gasteiger partial charge on any atom is -0.487 e. The van der Waals surface area contributed by atoms with Crippen molar-refractivity contribution in [3.05, 3.63) is 96.2 Å². The Balaban J connectivity index is 1.32. The van der Waals surface area contributed by atoms with Crippen molar-refractivity contribution in [3.8, 4) is 11.5 Å². The van der Waals surface area contributed by atoms with Gasteiger partial charge in [-0.2, -0.15) is 0 Å². The Morgan fingerprint density at radius 1 is 0.871 bits per heavy atom. The standard InChI is InChI=1S/C25H22N2O4/c28-25(29)17-31-22-12-8-18(9-13-22)15-26-20-5-3-6-23(14-20)30-16-21-11-10-19-4-1-2-7-24(19)27-21/h1-14,26H,15-17H2,(H,28,29). The molecule has 4 aromatic rings. The number of nitrogens with zero attached hydrogens (tertiary/aromatic N) is 1. The van der Waals surface area contributed by atoms with Crippen LogP contribution in [-0.4, -0.2) is 22.7 Å². The second-order valence-electron chi connectivity index (χ2n) is 6.99. The molecular weight excluding hydrogens is 392 g/mol. The lowest BCUT2D eigenvalue weighted by atomic mass is 10.2. The average Bonchev–Trinajstić information content (AvgIpc) is 2.81. The molecule has 1 heterocycles. The molecule has 0 amide bonds. The molecule has 0 atom stereocenters. The first kappa shape index (κ1) is 20.2. The highest BCUT2D eigenvalue weighted by molar-refractivity contribution is 5.78. The number of para-hydroxylation sites is 1. The SMILES string of the molecule is O=C(O)COc1ccc(CNc2cccc(OCc3ccc4ccccc4n3)c2)cc1. The minimum absolute atomic E-state index is 0.348. The van der Waals surface area contributed by atoms with Crippen LogP contribution in [0.5, 0.6) is 11.5 Å². The predicted octanol–water partition coefficient (Wildman–Crippen LogP) is 4.89. The number of carboxylic acid groups (broad SMARTS) is 1. The van der Waals surface area contributed by atoms with Gasteiger partial charge in [-0.1, -0.05) is 42.5 Å². The molecule has 0 aliphatic rings. The fourth-order valence-electron chi connectivity index (χ4n) is 3.09. The first-order valence-corrected chi connectivity index (χ1v) is 9.91. The van der Waals surface area contributed by atoms with Crippen LogP contribution in [0.1, 0.15) is 11.3 Å². The van der Waals surface area contributed by atoms with Crippen molar-refractivity contribution in [2.75, 3.05) is 11.9 Å². The molecule has 0 fully saturated rings. The van der Waals surface area contributed by atoms with Crippen molar-refractivity contribution in [2.45, 2.75) is 13.2 Å². The number of carbonyl (C=O) groups is 1. The number of hydrogen-bond donors (Lipinski definition) is 2. The number of benzene rings is 3. The molecule has 0 aliphatic carbocycles. The van der Waals surface area contributed by atoms with Crippen molar-refractivity contribution in [1.29, 1.82) is 0 Å². The molecule has 0 saturated heterocycles. The van der Waals surface area contributed by atoms with Gasteiger partial charge in [-0.15, -0.1) is 0 Å². The summed E-state index contributed by atoms with van der Waals surface area (Å²) in [5, 5.41) is 13.1. The Morgan fingerprint density at radius 2 is 1.71 bits per heavy atom. The van der Waals surface area contributed by atoms with Crippen LogP contribution in [0.25, 0.3) is 10.9 Å². The number of aliphatic carboxylic acids is 1. The van der Waals surface area contributed by atoms with E-state index in [0.717, 1.165) is 33.6 Å². The van der Waals surface area contributed by atoms with E-state index in [1.165, 1.54) is 0 Å². The van der Waals surface area contributed by atoms with E-state index in [9.17, 15) is 4.79 Å². The van der Waals surface area contributed by atoms with Gasteiger partial charge in [0.05, 0.1) is 11.2 Å². The zero-order chi connectivity index (χ0) is 21.5. The van der Waals surface area contributed by atoms with Crippen molar-refractivity contribution >= 4 is 22.6 Å². The van der Waals surface area contributed by atoms with Crippen LogP contribution in [0.2, 0.25) is 0 Å². The topological polar surface area (TPSA) is 80.7 Å². The summed E-state index contributed by atoms with van der Waals surface area (Å²) in [5.41, 5.74) is 3.82. The van der Waals surface area contributed by atoms with E-state index in [-0.39, 0.29) is 6.61 Å². The van der Waals surface area contributed by atoms with Gasteiger partial charge in [0.15, 0.2) is 6.61 Å². The second-order valence-corrected chi connectivity index (χ2v) is 6.99. The summed E-state index contributed by atoms with van der Waals surface area (Å²) in [5.74, 6) is 0.297. The zero-order valence-corrected chi connectivity index (χ0v) is 16.8. The Bertz CT molecular complexity index is 1180. The summed E-state index contributed by atoms with van der Waals surface area (Å²) in [7, 11) is 0.